The molecule has 1 amide bonds. The molecule has 0 unspecified atom stereocenters. The normalized spacial score (nSPS) is 10.6. The van der Waals surface area contributed by atoms with Crippen LogP contribution < -0.4 is 16.6 Å². The summed E-state index contributed by atoms with van der Waals surface area (Å²) in [5.41, 5.74) is -0.347. The molecule has 138 valence electrons. The summed E-state index contributed by atoms with van der Waals surface area (Å²) in [6.45, 7) is 2.81. The first kappa shape index (κ1) is 19.2. The number of hydrogen-bond donors (Lipinski definition) is 1. The van der Waals surface area contributed by atoms with E-state index >= 15 is 0 Å². The number of carbonyl (C=O) groups excluding carboxylic acids is 2. The van der Waals surface area contributed by atoms with E-state index < -0.39 is 36.3 Å². The Morgan fingerprint density at radius 3 is 2.46 bits per heavy atom. The van der Waals surface area contributed by atoms with Gasteiger partial charge in [-0.3, -0.25) is 19.0 Å². The molecule has 1 heterocycles. The third-order valence-corrected chi connectivity index (χ3v) is 3.44. The lowest BCUT2D eigenvalue weighted by Gasteiger charge is -2.11. The van der Waals surface area contributed by atoms with Crippen molar-refractivity contribution in [2.45, 2.75) is 33.0 Å². The Hall–Kier alpha value is -3.16. The van der Waals surface area contributed by atoms with Crippen molar-refractivity contribution in [2.24, 2.45) is 0 Å². The zero-order valence-corrected chi connectivity index (χ0v) is 14.7. The summed E-state index contributed by atoms with van der Waals surface area (Å²) in [6.07, 6.45) is 1.38. The van der Waals surface area contributed by atoms with Gasteiger partial charge in [-0.05, 0) is 19.4 Å². The lowest BCUT2D eigenvalue weighted by molar-refractivity contribution is -0.149. The van der Waals surface area contributed by atoms with Crippen LogP contribution in [-0.2, 0) is 27.4 Å². The van der Waals surface area contributed by atoms with Crippen molar-refractivity contribution in [3.63, 3.8) is 0 Å². The molecule has 2 rings (SSSR count). The number of amides is 1. The first-order valence-electron chi connectivity index (χ1n) is 8.16. The van der Waals surface area contributed by atoms with Gasteiger partial charge >= 0.3 is 11.7 Å². The lowest BCUT2D eigenvalue weighted by atomic mass is 10.2. The van der Waals surface area contributed by atoms with Crippen LogP contribution in [0.2, 0.25) is 0 Å². The van der Waals surface area contributed by atoms with Crippen molar-refractivity contribution in [1.29, 1.82) is 0 Å². The average Bonchev–Trinajstić information content (AvgIpc) is 2.60. The number of ether oxygens (including phenoxy) is 1. The van der Waals surface area contributed by atoms with Crippen LogP contribution in [0.15, 0.2) is 52.2 Å². The van der Waals surface area contributed by atoms with E-state index in [0.717, 1.165) is 10.1 Å². The molecule has 1 aromatic carbocycles. The molecule has 0 fully saturated rings. The van der Waals surface area contributed by atoms with Gasteiger partial charge in [-0.25, -0.2) is 9.36 Å². The molecule has 8 heteroatoms. The van der Waals surface area contributed by atoms with Crippen LogP contribution in [0.25, 0.3) is 0 Å². The number of carbonyl (C=O) groups is 2. The maximum Gasteiger partial charge on any atom is 0.331 e. The van der Waals surface area contributed by atoms with Crippen molar-refractivity contribution in [2.75, 3.05) is 6.61 Å². The third kappa shape index (κ3) is 5.44. The Balaban J connectivity index is 2.08. The molecule has 0 aliphatic rings. The highest BCUT2D eigenvalue weighted by atomic mass is 16.5. The third-order valence-electron chi connectivity index (χ3n) is 3.44. The molecule has 2 aromatic rings. The Morgan fingerprint density at radius 1 is 1.12 bits per heavy atom. The molecule has 1 N–H and O–H groups in total. The van der Waals surface area contributed by atoms with Crippen molar-refractivity contribution in [3.8, 4) is 0 Å². The van der Waals surface area contributed by atoms with Gasteiger partial charge in [-0.2, -0.15) is 0 Å². The number of nitrogens with zero attached hydrogens (tertiary/aromatic N) is 2. The Labute approximate surface area is 150 Å². The Kier molecular flexibility index (Phi) is 6.48. The van der Waals surface area contributed by atoms with E-state index in [9.17, 15) is 19.2 Å². The summed E-state index contributed by atoms with van der Waals surface area (Å²) in [7, 11) is 0. The summed E-state index contributed by atoms with van der Waals surface area (Å²) in [6, 6.07) is 10.4. The second kappa shape index (κ2) is 8.80. The summed E-state index contributed by atoms with van der Waals surface area (Å²) < 4.78 is 6.93. The van der Waals surface area contributed by atoms with E-state index in [2.05, 4.69) is 5.32 Å². The quantitative estimate of drug-likeness (QED) is 0.708. The second-order valence-electron chi connectivity index (χ2n) is 6.02. The molecular weight excluding hydrogens is 338 g/mol. The van der Waals surface area contributed by atoms with Crippen LogP contribution in [0.3, 0.4) is 0 Å². The van der Waals surface area contributed by atoms with E-state index in [-0.39, 0.29) is 12.6 Å². The van der Waals surface area contributed by atoms with E-state index in [1.807, 2.05) is 30.3 Å². The maximum atomic E-state index is 12.5. The van der Waals surface area contributed by atoms with Crippen LogP contribution in [0.5, 0.6) is 0 Å². The molecule has 0 radical (unpaired) electrons. The van der Waals surface area contributed by atoms with Gasteiger partial charge in [0.2, 0.25) is 0 Å². The fraction of sp³-hybridized carbons (Fsp3) is 0.333. The molecule has 0 aliphatic carbocycles. The van der Waals surface area contributed by atoms with Crippen molar-refractivity contribution < 1.29 is 14.3 Å². The molecule has 0 aliphatic heterocycles. The van der Waals surface area contributed by atoms with Crippen LogP contribution in [-0.4, -0.2) is 33.7 Å². The molecule has 8 nitrogen and oxygen atoms in total. The van der Waals surface area contributed by atoms with Gasteiger partial charge in [0.15, 0.2) is 6.61 Å². The van der Waals surface area contributed by atoms with E-state index in [4.69, 9.17) is 4.74 Å². The molecule has 0 saturated heterocycles. The number of aromatic nitrogens is 2. The summed E-state index contributed by atoms with van der Waals surface area (Å²) in [4.78, 5) is 47.7. The summed E-state index contributed by atoms with van der Waals surface area (Å²) in [5.74, 6) is -1.28. The smallest absolute Gasteiger partial charge is 0.331 e. The fourth-order valence-electron chi connectivity index (χ4n) is 2.29. The largest absolute Gasteiger partial charge is 0.454 e. The number of hydrogen-bond acceptors (Lipinski definition) is 5. The standard InChI is InChI=1S/C18H21N3O5/c1-13(2)19-15(22)12-26-17(24)11-21-16(23)8-9-20(18(21)25)10-14-6-4-3-5-7-14/h3-9,13H,10-12H2,1-2H3,(H,19,22). The number of benzene rings is 1. The zero-order chi connectivity index (χ0) is 19.1. The van der Waals surface area contributed by atoms with Crippen LogP contribution in [0, 0.1) is 0 Å². The van der Waals surface area contributed by atoms with Gasteiger partial charge in [-0.1, -0.05) is 30.3 Å². The minimum absolute atomic E-state index is 0.0804. The molecule has 0 atom stereocenters. The van der Waals surface area contributed by atoms with Crippen molar-refractivity contribution in [3.05, 3.63) is 69.0 Å². The minimum Gasteiger partial charge on any atom is -0.454 e. The number of rotatable bonds is 7. The predicted octanol–water partition coefficient (Wildman–Crippen LogP) is 0.126. The van der Waals surface area contributed by atoms with Gasteiger partial charge in [0.25, 0.3) is 11.5 Å². The van der Waals surface area contributed by atoms with Crippen molar-refractivity contribution in [1.82, 2.24) is 14.5 Å². The lowest BCUT2D eigenvalue weighted by Crippen LogP contribution is -2.41. The average molecular weight is 359 g/mol. The topological polar surface area (TPSA) is 99.4 Å². The SMILES string of the molecule is CC(C)NC(=O)COC(=O)Cn1c(=O)ccn(Cc2ccccc2)c1=O. The molecule has 0 bridgehead atoms. The Morgan fingerprint density at radius 2 is 1.81 bits per heavy atom. The molecule has 0 saturated carbocycles. The first-order chi connectivity index (χ1) is 12.4. The van der Waals surface area contributed by atoms with Gasteiger partial charge in [0, 0.05) is 18.3 Å². The van der Waals surface area contributed by atoms with E-state index in [1.165, 1.54) is 16.8 Å². The van der Waals surface area contributed by atoms with Crippen molar-refractivity contribution >= 4 is 11.9 Å². The number of esters is 1. The summed E-state index contributed by atoms with van der Waals surface area (Å²) in [5, 5.41) is 2.57. The molecule has 1 aromatic heterocycles. The van der Waals surface area contributed by atoms with Gasteiger partial charge in [0.05, 0.1) is 6.54 Å². The van der Waals surface area contributed by atoms with Gasteiger partial charge in [-0.15, -0.1) is 0 Å². The minimum atomic E-state index is -0.833. The summed E-state index contributed by atoms with van der Waals surface area (Å²) >= 11 is 0. The molecular formula is C18H21N3O5. The molecule has 26 heavy (non-hydrogen) atoms. The van der Waals surface area contributed by atoms with Crippen LogP contribution >= 0.6 is 0 Å². The monoisotopic (exact) mass is 359 g/mol. The van der Waals surface area contributed by atoms with Crippen LogP contribution in [0.1, 0.15) is 19.4 Å². The number of nitrogens with one attached hydrogen (secondary N) is 1. The highest BCUT2D eigenvalue weighted by molar-refractivity contribution is 5.80. The van der Waals surface area contributed by atoms with Gasteiger partial charge in [0.1, 0.15) is 6.54 Å². The predicted molar refractivity (Wildman–Crippen MR) is 94.7 cm³/mol. The first-order valence-corrected chi connectivity index (χ1v) is 8.16. The highest BCUT2D eigenvalue weighted by Crippen LogP contribution is 1.99. The van der Waals surface area contributed by atoms with E-state index in [0.29, 0.717) is 0 Å². The maximum absolute atomic E-state index is 12.5. The van der Waals surface area contributed by atoms with E-state index in [1.54, 1.807) is 13.8 Å². The second-order valence-corrected chi connectivity index (χ2v) is 6.02. The Bertz CT molecular complexity index is 884. The van der Waals surface area contributed by atoms with Crippen LogP contribution in [0.4, 0.5) is 0 Å². The molecule has 0 spiro atoms. The van der Waals surface area contributed by atoms with Gasteiger partial charge < -0.3 is 10.1 Å². The fourth-order valence-corrected chi connectivity index (χ4v) is 2.29. The zero-order valence-electron chi connectivity index (χ0n) is 14.7. The highest BCUT2D eigenvalue weighted by Gasteiger charge is 2.13.